The average molecular weight is 540 g/mol. The summed E-state index contributed by atoms with van der Waals surface area (Å²) < 4.78 is 58.3. The second-order valence-corrected chi connectivity index (χ2v) is 9.84. The van der Waals surface area contributed by atoms with Crippen LogP contribution < -0.4 is 21.7 Å². The summed E-state index contributed by atoms with van der Waals surface area (Å²) in [5.74, 6) is -1.87. The van der Waals surface area contributed by atoms with Crippen LogP contribution in [0.25, 0.3) is 11.0 Å². The van der Waals surface area contributed by atoms with Crippen LogP contribution in [0.2, 0.25) is 5.02 Å². The van der Waals surface area contributed by atoms with Gasteiger partial charge in [0.2, 0.25) is 15.9 Å². The number of hydrogen-bond acceptors (Lipinski definition) is 7. The lowest BCUT2D eigenvalue weighted by atomic mass is 10.2. The van der Waals surface area contributed by atoms with Crippen molar-refractivity contribution in [2.24, 2.45) is 5.73 Å². The fourth-order valence-electron chi connectivity index (χ4n) is 3.49. The minimum atomic E-state index is -4.06. The Kier molecular flexibility index (Phi) is 6.41. The van der Waals surface area contributed by atoms with Gasteiger partial charge in [0, 0.05) is 11.6 Å². The summed E-state index contributed by atoms with van der Waals surface area (Å²) >= 11 is 6.08. The number of amides is 1. The molecule has 2 aromatic carbocycles. The summed E-state index contributed by atoms with van der Waals surface area (Å²) in [6.07, 6.45) is 1.91. The maximum absolute atomic E-state index is 13.8. The van der Waals surface area contributed by atoms with Crippen molar-refractivity contribution in [3.63, 3.8) is 0 Å². The minimum absolute atomic E-state index is 0.0216. The summed E-state index contributed by atoms with van der Waals surface area (Å²) in [6, 6.07) is 5.78. The van der Waals surface area contributed by atoms with Gasteiger partial charge < -0.3 is 10.5 Å². The third-order valence-electron chi connectivity index (χ3n) is 5.10. The molecule has 1 amide bonds. The van der Waals surface area contributed by atoms with E-state index >= 15 is 0 Å². The van der Waals surface area contributed by atoms with E-state index in [-0.39, 0.29) is 35.6 Å². The molecule has 188 valence electrons. The highest BCUT2D eigenvalue weighted by Gasteiger charge is 2.22. The summed E-state index contributed by atoms with van der Waals surface area (Å²) in [6.45, 7) is -0.494. The van der Waals surface area contributed by atoms with Gasteiger partial charge in [-0.25, -0.2) is 36.3 Å². The number of primary amides is 1. The first kappa shape index (κ1) is 25.1. The zero-order chi connectivity index (χ0) is 26.4. The van der Waals surface area contributed by atoms with Gasteiger partial charge in [-0.2, -0.15) is 3.97 Å². The van der Waals surface area contributed by atoms with E-state index < -0.39 is 44.0 Å². The van der Waals surface area contributed by atoms with Gasteiger partial charge in [0.15, 0.2) is 5.02 Å². The largest absolute Gasteiger partial charge is 0.471 e. The third kappa shape index (κ3) is 4.59. The molecule has 0 saturated heterocycles. The van der Waals surface area contributed by atoms with Gasteiger partial charge in [0.25, 0.3) is 5.56 Å². The van der Waals surface area contributed by atoms with E-state index in [2.05, 4.69) is 4.98 Å². The van der Waals surface area contributed by atoms with E-state index in [9.17, 15) is 31.6 Å². The van der Waals surface area contributed by atoms with E-state index in [0.29, 0.717) is 20.2 Å². The molecule has 15 heteroatoms. The molecule has 11 nitrogen and oxygen atoms in total. The molecule has 2 N–H and O–H groups in total. The third-order valence-corrected chi connectivity index (χ3v) is 6.44. The van der Waals surface area contributed by atoms with E-state index in [1.807, 2.05) is 0 Å². The van der Waals surface area contributed by atoms with Crippen LogP contribution in [-0.2, 0) is 23.2 Å². The van der Waals surface area contributed by atoms with Gasteiger partial charge in [0.05, 0.1) is 23.8 Å². The lowest BCUT2D eigenvalue weighted by Gasteiger charge is -2.11. The Morgan fingerprint density at radius 2 is 1.86 bits per heavy atom. The van der Waals surface area contributed by atoms with E-state index in [1.54, 1.807) is 0 Å². The highest BCUT2D eigenvalue weighted by molar-refractivity contribution is 7.89. The van der Waals surface area contributed by atoms with Crippen molar-refractivity contribution in [1.29, 1.82) is 0 Å². The number of ether oxygens (including phenoxy) is 1. The van der Waals surface area contributed by atoms with Crippen LogP contribution in [-0.4, -0.2) is 38.8 Å². The van der Waals surface area contributed by atoms with Crippen molar-refractivity contribution < 1.29 is 26.7 Å². The number of imidazole rings is 1. The molecule has 0 atom stereocenters. The molecule has 0 spiro atoms. The number of nitrogens with two attached hydrogens (primary N) is 1. The molecule has 4 rings (SSSR count). The lowest BCUT2D eigenvalue weighted by molar-refractivity contribution is 0.250. The number of nitrogens with zero attached hydrogens (tertiary/aromatic N) is 4. The highest BCUT2D eigenvalue weighted by atomic mass is 35.5. The Balaban J connectivity index is 1.66. The quantitative estimate of drug-likeness (QED) is 0.391. The number of aromatic nitrogens is 4. The molecule has 4 aromatic rings. The van der Waals surface area contributed by atoms with Crippen LogP contribution in [0, 0.1) is 11.6 Å². The summed E-state index contributed by atoms with van der Waals surface area (Å²) in [5.41, 5.74) is 3.63. The first-order chi connectivity index (χ1) is 16.9. The zero-order valence-corrected chi connectivity index (χ0v) is 19.9. The Hall–Kier alpha value is -4.04. The van der Waals surface area contributed by atoms with Crippen LogP contribution in [0.4, 0.5) is 13.6 Å². The number of rotatable bonds is 6. The topological polar surface area (TPSA) is 148 Å². The standard InChI is InChI=1S/C21H16ClF2N5O6S/c1-36(33,34)29-15-5-2-11(6-16(15)28(20(25)31)21(29)32)8-27-10-26-18(17(22)19(27)30)35-9-12-3-4-13(23)7-14(12)24/h2-7,10H,8-9H2,1H3,(H2,25,31). The average Bonchev–Trinajstić information content (AvgIpc) is 3.09. The van der Waals surface area contributed by atoms with E-state index in [0.717, 1.165) is 23.2 Å². The first-order valence-electron chi connectivity index (χ1n) is 9.97. The minimum Gasteiger partial charge on any atom is -0.471 e. The Morgan fingerprint density at radius 1 is 1.14 bits per heavy atom. The summed E-state index contributed by atoms with van der Waals surface area (Å²) in [7, 11) is -4.06. The van der Waals surface area contributed by atoms with Gasteiger partial charge in [-0.1, -0.05) is 17.7 Å². The molecule has 0 unspecified atom stereocenters. The molecule has 0 aliphatic rings. The van der Waals surface area contributed by atoms with E-state index in [1.165, 1.54) is 24.3 Å². The smallest absolute Gasteiger partial charge is 0.351 e. The van der Waals surface area contributed by atoms with Crippen LogP contribution >= 0.6 is 11.6 Å². The van der Waals surface area contributed by atoms with Crippen LogP contribution in [0.15, 0.2) is 52.3 Å². The van der Waals surface area contributed by atoms with Gasteiger partial charge in [-0.05, 0) is 29.8 Å². The highest BCUT2D eigenvalue weighted by Crippen LogP contribution is 2.21. The molecule has 0 radical (unpaired) electrons. The summed E-state index contributed by atoms with van der Waals surface area (Å²) in [5, 5.41) is -0.404. The molecular formula is C21H16ClF2N5O6S. The van der Waals surface area contributed by atoms with Gasteiger partial charge in [0.1, 0.15) is 24.6 Å². The van der Waals surface area contributed by atoms with Crippen molar-refractivity contribution >= 4 is 38.7 Å². The predicted octanol–water partition coefficient (Wildman–Crippen LogP) is 1.65. The van der Waals surface area contributed by atoms with Gasteiger partial charge in [-0.3, -0.25) is 9.36 Å². The summed E-state index contributed by atoms with van der Waals surface area (Å²) in [4.78, 5) is 41.0. The van der Waals surface area contributed by atoms with Crippen LogP contribution in [0.5, 0.6) is 5.88 Å². The molecule has 2 aromatic heterocycles. The van der Waals surface area contributed by atoms with Crippen molar-refractivity contribution in [2.45, 2.75) is 13.2 Å². The maximum atomic E-state index is 13.8. The van der Waals surface area contributed by atoms with Crippen molar-refractivity contribution in [3.8, 4) is 5.88 Å². The SMILES string of the molecule is CS(=O)(=O)n1c(=O)n(C(N)=O)c2cc(Cn3cnc(OCc4ccc(F)cc4F)c(Cl)c3=O)ccc21. The van der Waals surface area contributed by atoms with Crippen LogP contribution in [0.1, 0.15) is 11.1 Å². The fraction of sp³-hybridized carbons (Fsp3) is 0.143. The molecule has 0 aliphatic carbocycles. The van der Waals surface area contributed by atoms with Crippen molar-refractivity contribution in [2.75, 3.05) is 6.26 Å². The maximum Gasteiger partial charge on any atom is 0.351 e. The van der Waals surface area contributed by atoms with Crippen molar-refractivity contribution in [3.05, 3.63) is 91.3 Å². The molecule has 0 saturated carbocycles. The fourth-order valence-corrected chi connectivity index (χ4v) is 4.58. The predicted molar refractivity (Wildman–Crippen MR) is 125 cm³/mol. The molecule has 0 fully saturated rings. The molecule has 2 heterocycles. The van der Waals surface area contributed by atoms with Gasteiger partial charge >= 0.3 is 11.7 Å². The Morgan fingerprint density at radius 3 is 2.50 bits per heavy atom. The number of fused-ring (bicyclic) bond motifs is 1. The normalized spacial score (nSPS) is 11.7. The van der Waals surface area contributed by atoms with Crippen LogP contribution in [0.3, 0.4) is 0 Å². The Labute approximate surface area is 206 Å². The Bertz CT molecular complexity index is 1760. The molecule has 0 bridgehead atoms. The number of carbonyl (C=O) groups excluding carboxylic acids is 1. The van der Waals surface area contributed by atoms with E-state index in [4.69, 9.17) is 22.1 Å². The molecule has 0 aliphatic heterocycles. The first-order valence-corrected chi connectivity index (χ1v) is 12.2. The number of halogens is 3. The zero-order valence-electron chi connectivity index (χ0n) is 18.3. The molecular weight excluding hydrogens is 524 g/mol. The molecule has 36 heavy (non-hydrogen) atoms. The number of hydrogen-bond donors (Lipinski definition) is 1. The second-order valence-electron chi connectivity index (χ2n) is 7.63. The monoisotopic (exact) mass is 539 g/mol. The number of benzene rings is 2. The number of carbonyl (C=O) groups is 1. The second kappa shape index (κ2) is 9.20. The van der Waals surface area contributed by atoms with Crippen molar-refractivity contribution in [1.82, 2.24) is 18.1 Å². The van der Waals surface area contributed by atoms with Gasteiger partial charge in [-0.15, -0.1) is 0 Å². The lowest BCUT2D eigenvalue weighted by Crippen LogP contribution is -2.35.